The van der Waals surface area contributed by atoms with Crippen LogP contribution >= 0.6 is 15.9 Å². The van der Waals surface area contributed by atoms with Crippen LogP contribution in [0.2, 0.25) is 0 Å². The van der Waals surface area contributed by atoms with Crippen LogP contribution in [0.1, 0.15) is 33.6 Å². The Kier molecular flexibility index (Phi) is 2.06. The smallest absolute Gasteiger partial charge is 0.00624 e. The van der Waals surface area contributed by atoms with Gasteiger partial charge in [0.25, 0.3) is 0 Å². The molecule has 0 N–H and O–H groups in total. The summed E-state index contributed by atoms with van der Waals surface area (Å²) in [6.07, 6.45) is 2.98. The Labute approximate surface area is 84.2 Å². The normalized spacial score (nSPS) is 50.0. The zero-order chi connectivity index (χ0) is 8.93. The van der Waals surface area contributed by atoms with E-state index in [1.807, 2.05) is 0 Å². The zero-order valence-corrected chi connectivity index (χ0v) is 9.89. The summed E-state index contributed by atoms with van der Waals surface area (Å²) in [7, 11) is 0. The molecular formula is C11H19Br. The van der Waals surface area contributed by atoms with Crippen molar-refractivity contribution < 1.29 is 0 Å². The Bertz CT molecular complexity index is 185. The van der Waals surface area contributed by atoms with Gasteiger partial charge in [0.15, 0.2) is 0 Å². The van der Waals surface area contributed by atoms with Crippen LogP contribution in [0.3, 0.4) is 0 Å². The standard InChI is InChI=1S/C11H19Br/c1-7-8(6-12)4-9-5-10(7)11(9,2)3/h7-10H,4-6H2,1-3H3/t7-,8-,9+,10+/m0/s1. The van der Waals surface area contributed by atoms with Gasteiger partial charge in [0, 0.05) is 5.33 Å². The maximum atomic E-state index is 3.64. The summed E-state index contributed by atoms with van der Waals surface area (Å²) >= 11 is 3.64. The summed E-state index contributed by atoms with van der Waals surface area (Å²) in [6.45, 7) is 7.38. The first-order valence-electron chi connectivity index (χ1n) is 5.13. The Balaban J connectivity index is 2.11. The molecule has 0 aliphatic heterocycles. The quantitative estimate of drug-likeness (QED) is 0.603. The minimum absolute atomic E-state index is 0.665. The Hall–Kier alpha value is 0.480. The lowest BCUT2D eigenvalue weighted by atomic mass is 9.44. The van der Waals surface area contributed by atoms with E-state index in [2.05, 4.69) is 36.7 Å². The molecule has 0 aromatic carbocycles. The van der Waals surface area contributed by atoms with Crippen molar-refractivity contribution in [1.82, 2.24) is 0 Å². The molecule has 0 amide bonds. The molecular weight excluding hydrogens is 212 g/mol. The van der Waals surface area contributed by atoms with Gasteiger partial charge in [-0.15, -0.1) is 0 Å². The Morgan fingerprint density at radius 3 is 2.42 bits per heavy atom. The topological polar surface area (TPSA) is 0 Å². The number of fused-ring (bicyclic) bond motifs is 2. The van der Waals surface area contributed by atoms with E-state index in [1.165, 1.54) is 18.2 Å². The molecule has 3 rings (SSSR count). The molecule has 0 radical (unpaired) electrons. The van der Waals surface area contributed by atoms with E-state index in [1.54, 1.807) is 0 Å². The van der Waals surface area contributed by atoms with Crippen molar-refractivity contribution in [3.8, 4) is 0 Å². The molecule has 0 unspecified atom stereocenters. The van der Waals surface area contributed by atoms with Crippen LogP contribution in [0, 0.1) is 29.1 Å². The molecule has 0 saturated heterocycles. The molecule has 3 saturated carbocycles. The maximum absolute atomic E-state index is 3.64. The molecule has 0 spiro atoms. The van der Waals surface area contributed by atoms with Crippen molar-refractivity contribution in [2.45, 2.75) is 33.6 Å². The summed E-state index contributed by atoms with van der Waals surface area (Å²) in [5.41, 5.74) is 0.665. The highest BCUT2D eigenvalue weighted by molar-refractivity contribution is 9.09. The minimum Gasteiger partial charge on any atom is -0.0925 e. The summed E-state index contributed by atoms with van der Waals surface area (Å²) < 4.78 is 0. The van der Waals surface area contributed by atoms with Gasteiger partial charge in [-0.3, -0.25) is 0 Å². The molecule has 2 bridgehead atoms. The van der Waals surface area contributed by atoms with Crippen LogP contribution < -0.4 is 0 Å². The fourth-order valence-corrected chi connectivity index (χ4v) is 4.31. The molecule has 12 heavy (non-hydrogen) atoms. The van der Waals surface area contributed by atoms with E-state index in [-0.39, 0.29) is 0 Å². The Morgan fingerprint density at radius 1 is 1.33 bits per heavy atom. The second-order valence-electron chi connectivity index (χ2n) is 5.37. The van der Waals surface area contributed by atoms with Gasteiger partial charge in [-0.05, 0) is 41.9 Å². The van der Waals surface area contributed by atoms with Gasteiger partial charge in [-0.2, -0.15) is 0 Å². The first kappa shape index (κ1) is 9.05. The van der Waals surface area contributed by atoms with Gasteiger partial charge < -0.3 is 0 Å². The minimum atomic E-state index is 0.665. The third-order valence-electron chi connectivity index (χ3n) is 4.71. The van der Waals surface area contributed by atoms with E-state index >= 15 is 0 Å². The number of halogens is 1. The average Bonchev–Trinajstić information content (AvgIpc) is 2.03. The fraction of sp³-hybridized carbons (Fsp3) is 1.00. The van der Waals surface area contributed by atoms with E-state index < -0.39 is 0 Å². The van der Waals surface area contributed by atoms with E-state index in [4.69, 9.17) is 0 Å². The van der Waals surface area contributed by atoms with Crippen LogP contribution in [-0.2, 0) is 0 Å². The predicted molar refractivity (Wildman–Crippen MR) is 56.4 cm³/mol. The van der Waals surface area contributed by atoms with Gasteiger partial charge in [0.05, 0.1) is 0 Å². The number of hydrogen-bond donors (Lipinski definition) is 0. The highest BCUT2D eigenvalue weighted by Gasteiger charge is 2.55. The summed E-state index contributed by atoms with van der Waals surface area (Å²) in [4.78, 5) is 0. The monoisotopic (exact) mass is 230 g/mol. The number of alkyl halides is 1. The third kappa shape index (κ3) is 1.01. The van der Waals surface area contributed by atoms with Crippen LogP contribution in [0.15, 0.2) is 0 Å². The van der Waals surface area contributed by atoms with Crippen LogP contribution in [0.25, 0.3) is 0 Å². The fourth-order valence-electron chi connectivity index (χ4n) is 3.46. The van der Waals surface area contributed by atoms with Crippen LogP contribution in [0.4, 0.5) is 0 Å². The van der Waals surface area contributed by atoms with Gasteiger partial charge >= 0.3 is 0 Å². The van der Waals surface area contributed by atoms with Crippen molar-refractivity contribution in [2.24, 2.45) is 29.1 Å². The number of hydrogen-bond acceptors (Lipinski definition) is 0. The Morgan fingerprint density at radius 2 is 2.00 bits per heavy atom. The van der Waals surface area contributed by atoms with Crippen LogP contribution in [0.5, 0.6) is 0 Å². The second kappa shape index (κ2) is 2.73. The first-order chi connectivity index (χ1) is 5.57. The van der Waals surface area contributed by atoms with Crippen molar-refractivity contribution >= 4 is 15.9 Å². The average molecular weight is 231 g/mol. The van der Waals surface area contributed by atoms with Gasteiger partial charge in [-0.1, -0.05) is 36.7 Å². The highest BCUT2D eigenvalue weighted by atomic mass is 79.9. The van der Waals surface area contributed by atoms with Gasteiger partial charge in [-0.25, -0.2) is 0 Å². The summed E-state index contributed by atoms with van der Waals surface area (Å²) in [5, 5.41) is 1.22. The molecule has 3 aliphatic carbocycles. The lowest BCUT2D eigenvalue weighted by Gasteiger charge is -2.62. The molecule has 4 atom stereocenters. The van der Waals surface area contributed by atoms with Gasteiger partial charge in [0.2, 0.25) is 0 Å². The first-order valence-corrected chi connectivity index (χ1v) is 6.25. The predicted octanol–water partition coefficient (Wildman–Crippen LogP) is 3.70. The van der Waals surface area contributed by atoms with E-state index in [9.17, 15) is 0 Å². The lowest BCUT2D eigenvalue weighted by molar-refractivity contribution is -0.123. The molecule has 3 aliphatic rings. The van der Waals surface area contributed by atoms with E-state index in [0.29, 0.717) is 5.41 Å². The second-order valence-corrected chi connectivity index (χ2v) is 6.02. The van der Waals surface area contributed by atoms with Crippen molar-refractivity contribution in [3.05, 3.63) is 0 Å². The number of rotatable bonds is 1. The largest absolute Gasteiger partial charge is 0.0925 e. The van der Waals surface area contributed by atoms with Crippen molar-refractivity contribution in [3.63, 3.8) is 0 Å². The molecule has 0 aromatic rings. The zero-order valence-electron chi connectivity index (χ0n) is 8.31. The maximum Gasteiger partial charge on any atom is 0.00624 e. The molecule has 0 aromatic heterocycles. The van der Waals surface area contributed by atoms with Crippen molar-refractivity contribution in [2.75, 3.05) is 5.33 Å². The highest BCUT2D eigenvalue weighted by Crippen LogP contribution is 2.62. The third-order valence-corrected chi connectivity index (χ3v) is 5.54. The van der Waals surface area contributed by atoms with E-state index in [0.717, 1.165) is 23.7 Å². The van der Waals surface area contributed by atoms with Crippen LogP contribution in [-0.4, -0.2) is 5.33 Å². The SMILES string of the molecule is C[C@H]1[C@H](CBr)C[C@@H]2C[C@H]1C2(C)C. The lowest BCUT2D eigenvalue weighted by Crippen LogP contribution is -2.55. The molecule has 1 heteroatoms. The van der Waals surface area contributed by atoms with Gasteiger partial charge in [0.1, 0.15) is 0 Å². The molecule has 70 valence electrons. The summed E-state index contributed by atoms with van der Waals surface area (Å²) in [5.74, 6) is 3.95. The summed E-state index contributed by atoms with van der Waals surface area (Å²) in [6, 6.07) is 0. The molecule has 3 fully saturated rings. The van der Waals surface area contributed by atoms with Crippen molar-refractivity contribution in [1.29, 1.82) is 0 Å². The molecule has 0 nitrogen and oxygen atoms in total. The molecule has 0 heterocycles.